The molecule has 1 aliphatic carbocycles. The molecule has 0 bridgehead atoms. The lowest BCUT2D eigenvalue weighted by molar-refractivity contribution is -0.134. The van der Waals surface area contributed by atoms with E-state index in [4.69, 9.17) is 9.47 Å². The summed E-state index contributed by atoms with van der Waals surface area (Å²) in [6.45, 7) is 1.62. The van der Waals surface area contributed by atoms with Crippen molar-refractivity contribution >= 4 is 16.8 Å². The average molecular weight is 402 g/mol. The minimum Gasteiger partial charge on any atom is -0.496 e. The number of carbonyl (C=O) groups excluding carboxylic acids is 1. The number of methoxy groups -OCH3 is 1. The third-order valence-electron chi connectivity index (χ3n) is 6.08. The summed E-state index contributed by atoms with van der Waals surface area (Å²) in [6, 6.07) is 16.2. The summed E-state index contributed by atoms with van der Waals surface area (Å²) in [5.41, 5.74) is 3.06. The van der Waals surface area contributed by atoms with Crippen LogP contribution in [0.5, 0.6) is 11.5 Å². The van der Waals surface area contributed by atoms with E-state index >= 15 is 0 Å². The molecule has 2 fully saturated rings. The first-order chi connectivity index (χ1) is 14.7. The molecule has 2 aromatic carbocycles. The number of pyridine rings is 1. The van der Waals surface area contributed by atoms with Gasteiger partial charge in [0.2, 0.25) is 5.91 Å². The van der Waals surface area contributed by atoms with Gasteiger partial charge in [0.05, 0.1) is 12.6 Å². The first-order valence-corrected chi connectivity index (χ1v) is 10.7. The van der Waals surface area contributed by atoms with Crippen LogP contribution in [0.2, 0.25) is 0 Å². The van der Waals surface area contributed by atoms with E-state index in [0.717, 1.165) is 72.3 Å². The van der Waals surface area contributed by atoms with E-state index in [1.54, 1.807) is 7.11 Å². The Labute approximate surface area is 176 Å². The van der Waals surface area contributed by atoms with Crippen LogP contribution in [0.3, 0.4) is 0 Å². The zero-order valence-electron chi connectivity index (χ0n) is 17.2. The molecule has 1 amide bonds. The lowest BCUT2D eigenvalue weighted by atomic mass is 10.0. The molecule has 1 aliphatic heterocycles. The van der Waals surface area contributed by atoms with Crippen LogP contribution < -0.4 is 9.47 Å². The Morgan fingerprint density at radius 1 is 1.00 bits per heavy atom. The van der Waals surface area contributed by atoms with Gasteiger partial charge < -0.3 is 14.4 Å². The van der Waals surface area contributed by atoms with E-state index < -0.39 is 0 Å². The Hall–Kier alpha value is -3.08. The molecular weight excluding hydrogens is 376 g/mol. The number of likely N-dealkylation sites (tertiary alicyclic amines) is 1. The van der Waals surface area contributed by atoms with Gasteiger partial charge in [0.25, 0.3) is 0 Å². The highest BCUT2D eigenvalue weighted by Crippen LogP contribution is 2.33. The predicted molar refractivity (Wildman–Crippen MR) is 117 cm³/mol. The topological polar surface area (TPSA) is 51.7 Å². The minimum absolute atomic E-state index is 0.172. The van der Waals surface area contributed by atoms with E-state index in [1.165, 1.54) is 0 Å². The van der Waals surface area contributed by atoms with Crippen LogP contribution in [0.1, 0.15) is 25.7 Å². The molecule has 5 rings (SSSR count). The van der Waals surface area contributed by atoms with Crippen LogP contribution in [0.25, 0.3) is 22.0 Å². The molecule has 5 heteroatoms. The van der Waals surface area contributed by atoms with Gasteiger partial charge >= 0.3 is 0 Å². The van der Waals surface area contributed by atoms with Crippen LogP contribution in [0.15, 0.2) is 54.7 Å². The number of fused-ring (bicyclic) bond motifs is 1. The fraction of sp³-hybridized carbons (Fsp3) is 0.360. The van der Waals surface area contributed by atoms with Gasteiger partial charge in [0, 0.05) is 49.0 Å². The van der Waals surface area contributed by atoms with Crippen LogP contribution in [0.4, 0.5) is 0 Å². The maximum atomic E-state index is 12.2. The molecule has 5 nitrogen and oxygen atoms in total. The highest BCUT2D eigenvalue weighted by Gasteiger charge is 2.35. The molecule has 0 spiro atoms. The highest BCUT2D eigenvalue weighted by molar-refractivity contribution is 5.88. The number of amides is 1. The maximum Gasteiger partial charge on any atom is 0.225 e. The van der Waals surface area contributed by atoms with E-state index in [9.17, 15) is 4.79 Å². The molecule has 30 heavy (non-hydrogen) atoms. The molecular formula is C25H26N2O3. The number of rotatable bonds is 5. The third-order valence-corrected chi connectivity index (χ3v) is 6.08. The maximum absolute atomic E-state index is 12.2. The lowest BCUT2D eigenvalue weighted by Gasteiger charge is -2.32. The average Bonchev–Trinajstić information content (AvgIpc) is 3.64. The van der Waals surface area contributed by atoms with Crippen molar-refractivity contribution in [2.24, 2.45) is 5.92 Å². The second kappa shape index (κ2) is 7.98. The molecule has 1 saturated heterocycles. The highest BCUT2D eigenvalue weighted by atomic mass is 16.5. The van der Waals surface area contributed by atoms with Gasteiger partial charge in [-0.15, -0.1) is 0 Å². The van der Waals surface area contributed by atoms with Gasteiger partial charge in [-0.25, -0.2) is 0 Å². The molecule has 2 heterocycles. The number of hydrogen-bond acceptors (Lipinski definition) is 4. The van der Waals surface area contributed by atoms with E-state index in [-0.39, 0.29) is 6.10 Å². The number of piperidine rings is 1. The Kier molecular flexibility index (Phi) is 5.03. The number of benzene rings is 2. The summed E-state index contributed by atoms with van der Waals surface area (Å²) < 4.78 is 11.7. The largest absolute Gasteiger partial charge is 0.496 e. The van der Waals surface area contributed by atoms with Crippen molar-refractivity contribution < 1.29 is 14.3 Å². The SMILES string of the molecule is COc1cccc2ncc(-c3ccc(OC4CCN(C(=O)C5CC5)CC4)cc3)cc12. The first kappa shape index (κ1) is 18.9. The lowest BCUT2D eigenvalue weighted by Crippen LogP contribution is -2.42. The smallest absolute Gasteiger partial charge is 0.225 e. The Balaban J connectivity index is 1.25. The molecule has 0 N–H and O–H groups in total. The van der Waals surface area contributed by atoms with Crippen LogP contribution in [-0.2, 0) is 4.79 Å². The van der Waals surface area contributed by atoms with Gasteiger partial charge in [-0.1, -0.05) is 18.2 Å². The predicted octanol–water partition coefficient (Wildman–Crippen LogP) is 4.69. The number of carbonyl (C=O) groups is 1. The van der Waals surface area contributed by atoms with Gasteiger partial charge in [0.15, 0.2) is 0 Å². The quantitative estimate of drug-likeness (QED) is 0.621. The van der Waals surface area contributed by atoms with Crippen molar-refractivity contribution in [3.05, 3.63) is 54.7 Å². The number of aromatic nitrogens is 1. The monoisotopic (exact) mass is 402 g/mol. The van der Waals surface area contributed by atoms with Crippen molar-refractivity contribution in [3.8, 4) is 22.6 Å². The molecule has 3 aromatic rings. The Bertz CT molecular complexity index is 1050. The third kappa shape index (κ3) is 3.84. The van der Waals surface area contributed by atoms with Gasteiger partial charge in [0.1, 0.15) is 17.6 Å². The van der Waals surface area contributed by atoms with Gasteiger partial charge in [-0.2, -0.15) is 0 Å². The number of nitrogens with zero attached hydrogens (tertiary/aromatic N) is 2. The summed E-state index contributed by atoms with van der Waals surface area (Å²) in [6.07, 6.45) is 6.00. The number of hydrogen-bond donors (Lipinski definition) is 0. The van der Waals surface area contributed by atoms with E-state index in [1.807, 2.05) is 41.4 Å². The van der Waals surface area contributed by atoms with Crippen molar-refractivity contribution in [3.63, 3.8) is 0 Å². The Morgan fingerprint density at radius 2 is 1.77 bits per heavy atom. The summed E-state index contributed by atoms with van der Waals surface area (Å²) in [7, 11) is 1.68. The van der Waals surface area contributed by atoms with Gasteiger partial charge in [-0.3, -0.25) is 9.78 Å². The fourth-order valence-corrected chi connectivity index (χ4v) is 4.16. The standard InChI is InChI=1S/C25H26N2O3/c1-29-24-4-2-3-23-22(24)15-19(16-26-23)17-7-9-20(10-8-17)30-21-11-13-27(14-12-21)25(28)18-5-6-18/h2-4,7-10,15-16,18,21H,5-6,11-14H2,1H3. The summed E-state index contributed by atoms with van der Waals surface area (Å²) >= 11 is 0. The zero-order valence-corrected chi connectivity index (χ0v) is 17.2. The fourth-order valence-electron chi connectivity index (χ4n) is 4.16. The molecule has 1 saturated carbocycles. The van der Waals surface area contributed by atoms with E-state index in [2.05, 4.69) is 23.2 Å². The van der Waals surface area contributed by atoms with Gasteiger partial charge in [-0.05, 0) is 48.7 Å². The van der Waals surface area contributed by atoms with Crippen LogP contribution in [0, 0.1) is 5.92 Å². The van der Waals surface area contributed by atoms with Crippen LogP contribution >= 0.6 is 0 Å². The summed E-state index contributed by atoms with van der Waals surface area (Å²) in [5, 5.41) is 1.00. The Morgan fingerprint density at radius 3 is 2.47 bits per heavy atom. The molecule has 0 unspecified atom stereocenters. The summed E-state index contributed by atoms with van der Waals surface area (Å²) in [5.74, 6) is 2.35. The van der Waals surface area contributed by atoms with E-state index in [0.29, 0.717) is 11.8 Å². The van der Waals surface area contributed by atoms with Crippen LogP contribution in [-0.4, -0.2) is 42.1 Å². The summed E-state index contributed by atoms with van der Waals surface area (Å²) in [4.78, 5) is 18.8. The second-order valence-corrected chi connectivity index (χ2v) is 8.19. The second-order valence-electron chi connectivity index (χ2n) is 8.19. The van der Waals surface area contributed by atoms with Crippen molar-refractivity contribution in [1.29, 1.82) is 0 Å². The van der Waals surface area contributed by atoms with Crippen molar-refractivity contribution in [2.75, 3.05) is 20.2 Å². The normalized spacial score (nSPS) is 17.2. The minimum atomic E-state index is 0.172. The van der Waals surface area contributed by atoms with Crippen molar-refractivity contribution in [1.82, 2.24) is 9.88 Å². The molecule has 1 aromatic heterocycles. The molecule has 2 aliphatic rings. The number of ether oxygens (including phenoxy) is 2. The molecule has 0 atom stereocenters. The molecule has 0 radical (unpaired) electrons. The first-order valence-electron chi connectivity index (χ1n) is 10.7. The molecule has 154 valence electrons. The van der Waals surface area contributed by atoms with Crippen molar-refractivity contribution in [2.45, 2.75) is 31.8 Å². The zero-order chi connectivity index (χ0) is 20.5.